The molecule has 0 amide bonds. The first kappa shape index (κ1) is 26.0. The molecular formula is C26H31FN2O6. The number of aryl methyl sites for hydroxylation is 1. The molecule has 0 unspecified atom stereocenters. The Morgan fingerprint density at radius 1 is 1.34 bits per heavy atom. The van der Waals surface area contributed by atoms with E-state index >= 15 is 0 Å². The molecule has 1 aromatic heterocycles. The van der Waals surface area contributed by atoms with E-state index in [1.807, 2.05) is 19.1 Å². The van der Waals surface area contributed by atoms with E-state index in [1.165, 1.54) is 0 Å². The van der Waals surface area contributed by atoms with Crippen LogP contribution in [0.15, 0.2) is 52.2 Å². The fourth-order valence-corrected chi connectivity index (χ4v) is 4.28. The molecule has 0 aliphatic heterocycles. The van der Waals surface area contributed by atoms with Crippen LogP contribution in [0.4, 0.5) is 9.18 Å². The maximum atomic E-state index is 13.5. The molecule has 3 rings (SSSR count). The molecular weight excluding hydrogens is 455 g/mol. The minimum atomic E-state index is -1.19. The molecule has 2 aromatic rings. The van der Waals surface area contributed by atoms with E-state index in [2.05, 4.69) is 13.5 Å². The number of phenolic OH excluding ortho intramolecular Hbond substituents is 1. The van der Waals surface area contributed by atoms with E-state index < -0.39 is 30.0 Å². The Kier molecular flexibility index (Phi) is 8.68. The van der Waals surface area contributed by atoms with Crippen molar-refractivity contribution in [1.29, 1.82) is 0 Å². The molecule has 1 aliphatic rings. The number of ether oxygens (including phenoxy) is 2. The number of nitrogens with one attached hydrogen (secondary N) is 1. The second-order valence-electron chi connectivity index (χ2n) is 8.79. The minimum Gasteiger partial charge on any atom is -0.507 e. The standard InChI is InChI=1S/C26H31FN2O6/c1-4-6-7-8-17-12-21(30)23(19-11-16(3)9-10-18(19)5-2)22(13-17)35-26(33)34-15-29-14-20(27)24(31)28-25(29)32/h5,11-14,18-19,30H,2,4,6-10,15H2,1,3H3,(H,28,31,32)/t18-,19-/m0/s1. The van der Waals surface area contributed by atoms with E-state index in [1.54, 1.807) is 17.1 Å². The zero-order valence-corrected chi connectivity index (χ0v) is 20.0. The Bertz CT molecular complexity index is 1230. The molecule has 2 N–H and O–H groups in total. The van der Waals surface area contributed by atoms with Crippen LogP contribution in [0.25, 0.3) is 0 Å². The highest BCUT2D eigenvalue weighted by Gasteiger charge is 2.29. The van der Waals surface area contributed by atoms with Crippen molar-refractivity contribution in [2.75, 3.05) is 0 Å². The summed E-state index contributed by atoms with van der Waals surface area (Å²) in [6.45, 7) is 7.37. The highest BCUT2D eigenvalue weighted by atomic mass is 19.1. The zero-order valence-electron chi connectivity index (χ0n) is 20.0. The SMILES string of the molecule is C=C[C@H]1CCC(C)=C[C@@H]1c1c(O)cc(CCCCC)cc1OC(=O)OCn1cc(F)c(=O)[nH]c1=O. The number of carbonyl (C=O) groups is 1. The Balaban J connectivity index is 1.90. The third-order valence-electron chi connectivity index (χ3n) is 6.16. The number of allylic oxidation sites excluding steroid dienone is 3. The van der Waals surface area contributed by atoms with Gasteiger partial charge >= 0.3 is 11.8 Å². The monoisotopic (exact) mass is 486 g/mol. The summed E-state index contributed by atoms with van der Waals surface area (Å²) in [5, 5.41) is 11.0. The van der Waals surface area contributed by atoms with Gasteiger partial charge in [-0.3, -0.25) is 14.3 Å². The summed E-state index contributed by atoms with van der Waals surface area (Å²) in [5.74, 6) is -1.22. The molecule has 8 nitrogen and oxygen atoms in total. The van der Waals surface area contributed by atoms with Gasteiger partial charge in [0.1, 0.15) is 11.5 Å². The number of aromatic nitrogens is 2. The maximum absolute atomic E-state index is 13.5. The van der Waals surface area contributed by atoms with Crippen molar-refractivity contribution in [2.45, 2.75) is 65.0 Å². The van der Waals surface area contributed by atoms with Crippen molar-refractivity contribution in [3.63, 3.8) is 0 Å². The molecule has 188 valence electrons. The number of hydrogen-bond acceptors (Lipinski definition) is 6. The average Bonchev–Trinajstić information content (AvgIpc) is 2.80. The van der Waals surface area contributed by atoms with Gasteiger partial charge in [0.25, 0.3) is 5.56 Å². The average molecular weight is 487 g/mol. The van der Waals surface area contributed by atoms with Gasteiger partial charge in [-0.15, -0.1) is 6.58 Å². The number of halogens is 1. The molecule has 1 aromatic carbocycles. The number of aromatic amines is 1. The Morgan fingerprint density at radius 3 is 2.83 bits per heavy atom. The molecule has 0 fully saturated rings. The summed E-state index contributed by atoms with van der Waals surface area (Å²) in [6, 6.07) is 3.42. The van der Waals surface area contributed by atoms with E-state index in [0.717, 1.165) is 43.2 Å². The third kappa shape index (κ3) is 6.49. The Hall–Kier alpha value is -3.62. The first-order valence-electron chi connectivity index (χ1n) is 11.7. The highest BCUT2D eigenvalue weighted by molar-refractivity contribution is 5.66. The van der Waals surface area contributed by atoms with Crippen LogP contribution in [0.1, 0.15) is 63.0 Å². The van der Waals surface area contributed by atoms with E-state index in [0.29, 0.717) is 22.7 Å². The molecule has 0 bridgehead atoms. The quantitative estimate of drug-likeness (QED) is 0.225. The van der Waals surface area contributed by atoms with Crippen LogP contribution in [0, 0.1) is 11.7 Å². The van der Waals surface area contributed by atoms with Crippen molar-refractivity contribution >= 4 is 6.16 Å². The molecule has 0 saturated carbocycles. The van der Waals surface area contributed by atoms with Gasteiger partial charge in [-0.1, -0.05) is 37.5 Å². The van der Waals surface area contributed by atoms with Crippen LogP contribution in [0.3, 0.4) is 0 Å². The lowest BCUT2D eigenvalue weighted by Crippen LogP contribution is -2.32. The van der Waals surface area contributed by atoms with Gasteiger partial charge in [-0.05, 0) is 56.2 Å². The normalized spacial score (nSPS) is 17.5. The number of unbranched alkanes of at least 4 members (excludes halogenated alkanes) is 2. The minimum absolute atomic E-state index is 0.0172. The van der Waals surface area contributed by atoms with E-state index in [4.69, 9.17) is 9.47 Å². The topological polar surface area (TPSA) is 111 Å². The number of hydrogen-bond donors (Lipinski definition) is 2. The lowest BCUT2D eigenvalue weighted by Gasteiger charge is -2.29. The predicted molar refractivity (Wildman–Crippen MR) is 129 cm³/mol. The second kappa shape index (κ2) is 11.7. The first-order valence-corrected chi connectivity index (χ1v) is 11.7. The van der Waals surface area contributed by atoms with Crippen LogP contribution in [0.5, 0.6) is 11.5 Å². The zero-order chi connectivity index (χ0) is 25.5. The summed E-state index contributed by atoms with van der Waals surface area (Å²) in [6.07, 6.45) is 8.81. The van der Waals surface area contributed by atoms with Crippen LogP contribution in [-0.4, -0.2) is 20.8 Å². The summed E-state index contributed by atoms with van der Waals surface area (Å²) in [7, 11) is 0. The summed E-state index contributed by atoms with van der Waals surface area (Å²) in [4.78, 5) is 37.3. The molecule has 1 aliphatic carbocycles. The smallest absolute Gasteiger partial charge is 0.507 e. The summed E-state index contributed by atoms with van der Waals surface area (Å²) in [5.41, 5.74) is 0.330. The molecule has 0 radical (unpaired) electrons. The first-order chi connectivity index (χ1) is 16.7. The van der Waals surface area contributed by atoms with Gasteiger partial charge in [0.05, 0.1) is 6.20 Å². The van der Waals surface area contributed by atoms with Crippen LogP contribution in [-0.2, 0) is 17.9 Å². The van der Waals surface area contributed by atoms with Crippen molar-refractivity contribution in [3.05, 3.63) is 80.4 Å². The van der Waals surface area contributed by atoms with E-state index in [-0.39, 0.29) is 23.3 Å². The fraction of sp³-hybridized carbons (Fsp3) is 0.423. The molecule has 2 atom stereocenters. The van der Waals surface area contributed by atoms with Gasteiger partial charge in [0, 0.05) is 11.5 Å². The van der Waals surface area contributed by atoms with E-state index in [9.17, 15) is 23.9 Å². The van der Waals surface area contributed by atoms with Gasteiger partial charge in [0.2, 0.25) is 5.82 Å². The lowest BCUT2D eigenvalue weighted by atomic mass is 9.76. The molecule has 9 heteroatoms. The maximum Gasteiger partial charge on any atom is 0.515 e. The van der Waals surface area contributed by atoms with Crippen LogP contribution >= 0.6 is 0 Å². The molecule has 35 heavy (non-hydrogen) atoms. The van der Waals surface area contributed by atoms with Gasteiger partial charge in [-0.2, -0.15) is 4.39 Å². The van der Waals surface area contributed by atoms with Gasteiger partial charge in [-0.25, -0.2) is 9.59 Å². The number of phenols is 1. The fourth-order valence-electron chi connectivity index (χ4n) is 4.28. The van der Waals surface area contributed by atoms with Gasteiger partial charge in [0.15, 0.2) is 6.73 Å². The van der Waals surface area contributed by atoms with Crippen molar-refractivity contribution in [2.24, 2.45) is 5.92 Å². The van der Waals surface area contributed by atoms with Crippen molar-refractivity contribution in [1.82, 2.24) is 9.55 Å². The molecule has 1 heterocycles. The lowest BCUT2D eigenvalue weighted by molar-refractivity contribution is 0.0689. The number of carbonyl (C=O) groups excluding carboxylic acids is 1. The van der Waals surface area contributed by atoms with Gasteiger partial charge < -0.3 is 14.6 Å². The Morgan fingerprint density at radius 2 is 2.11 bits per heavy atom. The van der Waals surface area contributed by atoms with Crippen molar-refractivity contribution in [3.8, 4) is 11.5 Å². The Labute approximate surface area is 202 Å². The number of aromatic hydroxyl groups is 1. The van der Waals surface area contributed by atoms with Crippen LogP contribution in [0.2, 0.25) is 0 Å². The van der Waals surface area contributed by atoms with Crippen LogP contribution < -0.4 is 16.0 Å². The number of rotatable bonds is 9. The molecule has 0 saturated heterocycles. The third-order valence-corrected chi connectivity index (χ3v) is 6.16. The number of H-pyrrole nitrogens is 1. The van der Waals surface area contributed by atoms with Crippen molar-refractivity contribution < 1.29 is 23.8 Å². The largest absolute Gasteiger partial charge is 0.515 e. The highest BCUT2D eigenvalue weighted by Crippen LogP contribution is 2.45. The predicted octanol–water partition coefficient (Wildman–Crippen LogP) is 4.91. The summed E-state index contributed by atoms with van der Waals surface area (Å²) < 4.78 is 24.7. The summed E-state index contributed by atoms with van der Waals surface area (Å²) >= 11 is 0. The molecule has 0 spiro atoms. The number of nitrogens with zero attached hydrogens (tertiary/aromatic N) is 1. The number of benzene rings is 1. The second-order valence-corrected chi connectivity index (χ2v) is 8.79.